The first-order valence-electron chi connectivity index (χ1n) is 11.6. The van der Waals surface area contributed by atoms with Crippen LogP contribution in [0.3, 0.4) is 0 Å². The number of halogens is 1. The molecule has 7 heteroatoms. The minimum absolute atomic E-state index is 0. The lowest BCUT2D eigenvalue weighted by Gasteiger charge is -2.35. The third-order valence-corrected chi connectivity index (χ3v) is 5.72. The van der Waals surface area contributed by atoms with E-state index in [1.165, 1.54) is 18.4 Å². The zero-order chi connectivity index (χ0) is 21.2. The second-order valence-electron chi connectivity index (χ2n) is 8.44. The molecule has 176 valence electrons. The Morgan fingerprint density at radius 2 is 1.94 bits per heavy atom. The molecule has 31 heavy (non-hydrogen) atoms. The van der Waals surface area contributed by atoms with Crippen molar-refractivity contribution in [3.63, 3.8) is 0 Å². The largest absolute Gasteiger partial charge is 0.489 e. The van der Waals surface area contributed by atoms with Gasteiger partial charge in [0.05, 0.1) is 25.4 Å². The van der Waals surface area contributed by atoms with Crippen LogP contribution in [0.1, 0.15) is 51.5 Å². The molecule has 0 radical (unpaired) electrons. The first kappa shape index (κ1) is 26.2. The van der Waals surface area contributed by atoms with E-state index in [2.05, 4.69) is 43.1 Å². The van der Waals surface area contributed by atoms with E-state index in [-0.39, 0.29) is 30.1 Å². The second kappa shape index (κ2) is 14.2. The highest BCUT2D eigenvalue weighted by Gasteiger charge is 2.24. The lowest BCUT2D eigenvalue weighted by molar-refractivity contribution is -0.0721. The van der Waals surface area contributed by atoms with Gasteiger partial charge < -0.3 is 24.4 Å². The Kier molecular flexibility index (Phi) is 12.0. The van der Waals surface area contributed by atoms with Crippen LogP contribution in [0.15, 0.2) is 29.3 Å². The second-order valence-corrected chi connectivity index (χ2v) is 8.44. The molecule has 0 bridgehead atoms. The van der Waals surface area contributed by atoms with Crippen molar-refractivity contribution in [2.24, 2.45) is 4.99 Å². The van der Waals surface area contributed by atoms with Gasteiger partial charge in [0.25, 0.3) is 0 Å². The summed E-state index contributed by atoms with van der Waals surface area (Å²) in [7, 11) is 0. The summed E-state index contributed by atoms with van der Waals surface area (Å²) in [5.41, 5.74) is 1.24. The monoisotopic (exact) mass is 545 g/mol. The fourth-order valence-electron chi connectivity index (χ4n) is 3.94. The number of likely N-dealkylation sites (tertiary alicyclic amines) is 1. The number of nitrogens with zero attached hydrogens (tertiary/aromatic N) is 2. The molecule has 2 aliphatic heterocycles. The van der Waals surface area contributed by atoms with Gasteiger partial charge >= 0.3 is 0 Å². The highest BCUT2D eigenvalue weighted by molar-refractivity contribution is 14.0. The van der Waals surface area contributed by atoms with Crippen LogP contribution < -0.4 is 10.1 Å². The summed E-state index contributed by atoms with van der Waals surface area (Å²) in [6.07, 6.45) is 6.32. The Balaban J connectivity index is 0.00000341. The van der Waals surface area contributed by atoms with E-state index < -0.39 is 0 Å². The van der Waals surface area contributed by atoms with E-state index in [9.17, 15) is 0 Å². The molecule has 0 spiro atoms. The molecule has 3 rings (SSSR count). The van der Waals surface area contributed by atoms with Crippen molar-refractivity contribution in [1.82, 2.24) is 10.2 Å². The molecule has 0 saturated carbocycles. The molecule has 2 atom stereocenters. The van der Waals surface area contributed by atoms with Crippen molar-refractivity contribution in [3.05, 3.63) is 29.8 Å². The minimum atomic E-state index is 0. The number of hydrogen-bond donors (Lipinski definition) is 1. The molecule has 2 heterocycles. The van der Waals surface area contributed by atoms with Crippen molar-refractivity contribution in [3.8, 4) is 5.75 Å². The smallest absolute Gasteiger partial charge is 0.194 e. The third-order valence-electron chi connectivity index (χ3n) is 5.72. The zero-order valence-electron chi connectivity index (χ0n) is 19.3. The fourth-order valence-corrected chi connectivity index (χ4v) is 3.94. The van der Waals surface area contributed by atoms with Crippen molar-refractivity contribution in [1.29, 1.82) is 0 Å². The predicted octanol–water partition coefficient (Wildman–Crippen LogP) is 4.40. The number of ether oxygens (including phenoxy) is 3. The van der Waals surface area contributed by atoms with Gasteiger partial charge in [0.2, 0.25) is 0 Å². The Morgan fingerprint density at radius 3 is 2.58 bits per heavy atom. The Hall–Kier alpha value is -1.06. The lowest BCUT2D eigenvalue weighted by atomic mass is 10.1. The standard InChI is InChI=1S/C24H39N3O3.HI/c1-4-25-24(26-17-20(3)30-22-10-8-19(2)9-11-22)27-14-12-21(13-15-27)29-18-23-7-5-6-16-28-23;/h8-11,20-21,23H,4-7,12-18H2,1-3H3,(H,25,26);1H. The maximum absolute atomic E-state index is 6.15. The first-order valence-corrected chi connectivity index (χ1v) is 11.6. The molecule has 2 saturated heterocycles. The minimum Gasteiger partial charge on any atom is -0.489 e. The number of nitrogens with one attached hydrogen (secondary N) is 1. The van der Waals surface area contributed by atoms with Gasteiger partial charge in [-0.25, -0.2) is 4.99 Å². The molecule has 0 aliphatic carbocycles. The van der Waals surface area contributed by atoms with E-state index in [4.69, 9.17) is 19.2 Å². The number of rotatable bonds is 8. The Morgan fingerprint density at radius 1 is 1.19 bits per heavy atom. The van der Waals surface area contributed by atoms with Crippen LogP contribution in [0.2, 0.25) is 0 Å². The number of hydrogen-bond acceptors (Lipinski definition) is 4. The number of aryl methyl sites for hydroxylation is 1. The van der Waals surface area contributed by atoms with Crippen LogP contribution in [-0.2, 0) is 9.47 Å². The van der Waals surface area contributed by atoms with Gasteiger partial charge in [0.1, 0.15) is 11.9 Å². The molecule has 6 nitrogen and oxygen atoms in total. The van der Waals surface area contributed by atoms with Gasteiger partial charge in [-0.15, -0.1) is 24.0 Å². The van der Waals surface area contributed by atoms with Crippen LogP contribution in [0, 0.1) is 6.92 Å². The van der Waals surface area contributed by atoms with Gasteiger partial charge in [0, 0.05) is 26.2 Å². The van der Waals surface area contributed by atoms with Crippen LogP contribution >= 0.6 is 24.0 Å². The van der Waals surface area contributed by atoms with Crippen LogP contribution in [0.25, 0.3) is 0 Å². The van der Waals surface area contributed by atoms with E-state index in [1.54, 1.807) is 0 Å². The van der Waals surface area contributed by atoms with Crippen LogP contribution in [0.5, 0.6) is 5.75 Å². The summed E-state index contributed by atoms with van der Waals surface area (Å²) in [6, 6.07) is 8.18. The van der Waals surface area contributed by atoms with Gasteiger partial charge in [-0.3, -0.25) is 0 Å². The quantitative estimate of drug-likeness (QED) is 0.298. The number of benzene rings is 1. The summed E-state index contributed by atoms with van der Waals surface area (Å²) < 4.78 is 17.9. The average molecular weight is 546 g/mol. The maximum Gasteiger partial charge on any atom is 0.194 e. The fraction of sp³-hybridized carbons (Fsp3) is 0.708. The SMILES string of the molecule is CCNC(=NCC(C)Oc1ccc(C)cc1)N1CCC(OCC2CCCCO2)CC1.I. The van der Waals surface area contributed by atoms with Crippen molar-refractivity contribution >= 4 is 29.9 Å². The molecular weight excluding hydrogens is 505 g/mol. The summed E-state index contributed by atoms with van der Waals surface area (Å²) in [5.74, 6) is 1.87. The Bertz CT molecular complexity index is 642. The molecule has 1 N–H and O–H groups in total. The topological polar surface area (TPSA) is 55.3 Å². The first-order chi connectivity index (χ1) is 14.6. The van der Waals surface area contributed by atoms with Gasteiger partial charge in [-0.1, -0.05) is 17.7 Å². The molecular formula is C24H40IN3O3. The van der Waals surface area contributed by atoms with Gasteiger partial charge in [-0.05, 0) is 65.0 Å². The highest BCUT2D eigenvalue weighted by Crippen LogP contribution is 2.18. The molecule has 1 aromatic carbocycles. The molecule has 0 amide bonds. The van der Waals surface area contributed by atoms with Crippen molar-refractivity contribution in [2.75, 3.05) is 39.4 Å². The third kappa shape index (κ3) is 9.14. The van der Waals surface area contributed by atoms with Crippen molar-refractivity contribution in [2.45, 2.75) is 71.2 Å². The Labute approximate surface area is 205 Å². The molecule has 2 unspecified atom stereocenters. The number of aliphatic imine (C=N–C) groups is 1. The van der Waals surface area contributed by atoms with E-state index in [0.717, 1.165) is 63.8 Å². The summed E-state index contributed by atoms with van der Waals surface area (Å²) >= 11 is 0. The van der Waals surface area contributed by atoms with Crippen molar-refractivity contribution < 1.29 is 14.2 Å². The molecule has 1 aromatic rings. The van der Waals surface area contributed by atoms with E-state index in [0.29, 0.717) is 18.8 Å². The van der Waals surface area contributed by atoms with Crippen LogP contribution in [-0.4, -0.2) is 68.6 Å². The average Bonchev–Trinajstić information content (AvgIpc) is 2.78. The molecule has 2 aliphatic rings. The summed E-state index contributed by atoms with van der Waals surface area (Å²) in [4.78, 5) is 7.19. The van der Waals surface area contributed by atoms with Gasteiger partial charge in [0.15, 0.2) is 5.96 Å². The predicted molar refractivity (Wildman–Crippen MR) is 137 cm³/mol. The number of guanidine groups is 1. The normalized spacial score (nSPS) is 21.3. The molecule has 0 aromatic heterocycles. The summed E-state index contributed by atoms with van der Waals surface area (Å²) in [6.45, 7) is 11.3. The lowest BCUT2D eigenvalue weighted by Crippen LogP contribution is -2.47. The zero-order valence-corrected chi connectivity index (χ0v) is 21.7. The number of piperidine rings is 1. The summed E-state index contributed by atoms with van der Waals surface area (Å²) in [5, 5.41) is 3.44. The van der Waals surface area contributed by atoms with E-state index >= 15 is 0 Å². The van der Waals surface area contributed by atoms with E-state index in [1.807, 2.05) is 12.1 Å². The maximum atomic E-state index is 6.15. The molecule has 2 fully saturated rings. The highest BCUT2D eigenvalue weighted by atomic mass is 127. The van der Waals surface area contributed by atoms with Crippen LogP contribution in [0.4, 0.5) is 0 Å². The van der Waals surface area contributed by atoms with Gasteiger partial charge in [-0.2, -0.15) is 0 Å².